The highest BCUT2D eigenvalue weighted by atomic mass is 79.9. The minimum absolute atomic E-state index is 0.628. The molecular formula is C8H15BrCl. The van der Waals surface area contributed by atoms with Crippen molar-refractivity contribution in [3.63, 3.8) is 0 Å². The van der Waals surface area contributed by atoms with Crippen molar-refractivity contribution in [1.82, 2.24) is 0 Å². The van der Waals surface area contributed by atoms with Crippen LogP contribution >= 0.6 is 27.5 Å². The smallest absolute Gasteiger partial charge is 0.0223 e. The molecule has 1 radical (unpaired) electrons. The summed E-state index contributed by atoms with van der Waals surface area (Å²) in [5.41, 5.74) is 0. The number of rotatable bonds is 6. The van der Waals surface area contributed by atoms with Crippen LogP contribution in [0.1, 0.15) is 32.6 Å². The summed E-state index contributed by atoms with van der Waals surface area (Å²) in [6.45, 7) is 2.16. The standard InChI is InChI=1S/C8H15BrCl/c1-8(9)6-4-2-3-5-7-10/h4,8H,2-3,5-7H2,1H3. The molecule has 10 heavy (non-hydrogen) atoms. The van der Waals surface area contributed by atoms with Gasteiger partial charge in [-0.15, -0.1) is 11.6 Å². The van der Waals surface area contributed by atoms with Crippen molar-refractivity contribution in [2.75, 3.05) is 5.88 Å². The fourth-order valence-corrected chi connectivity index (χ4v) is 1.18. The van der Waals surface area contributed by atoms with E-state index < -0.39 is 0 Å². The van der Waals surface area contributed by atoms with E-state index in [4.69, 9.17) is 11.6 Å². The molecule has 0 saturated heterocycles. The molecule has 1 unspecified atom stereocenters. The van der Waals surface area contributed by atoms with Crippen LogP contribution in [0.5, 0.6) is 0 Å². The van der Waals surface area contributed by atoms with E-state index >= 15 is 0 Å². The zero-order valence-electron chi connectivity index (χ0n) is 6.45. The zero-order valence-corrected chi connectivity index (χ0v) is 8.79. The molecule has 0 bridgehead atoms. The van der Waals surface area contributed by atoms with Gasteiger partial charge in [-0.3, -0.25) is 0 Å². The lowest BCUT2D eigenvalue weighted by molar-refractivity contribution is 0.748. The summed E-state index contributed by atoms with van der Waals surface area (Å²) >= 11 is 9.01. The van der Waals surface area contributed by atoms with Crippen LogP contribution in [0.25, 0.3) is 0 Å². The zero-order chi connectivity index (χ0) is 7.82. The Balaban J connectivity index is 2.77. The lowest BCUT2D eigenvalue weighted by atomic mass is 10.1. The van der Waals surface area contributed by atoms with E-state index in [0.717, 1.165) is 12.3 Å². The van der Waals surface area contributed by atoms with Crippen molar-refractivity contribution < 1.29 is 0 Å². The second kappa shape index (κ2) is 7.87. The topological polar surface area (TPSA) is 0 Å². The highest BCUT2D eigenvalue weighted by Gasteiger charge is 1.94. The van der Waals surface area contributed by atoms with Crippen LogP contribution in [0.4, 0.5) is 0 Å². The van der Waals surface area contributed by atoms with Crippen LogP contribution in [0.15, 0.2) is 0 Å². The third-order valence-electron chi connectivity index (χ3n) is 1.28. The first-order chi connectivity index (χ1) is 4.77. The number of unbranched alkanes of at least 4 members (excludes halogenated alkanes) is 3. The number of halogens is 2. The minimum Gasteiger partial charge on any atom is -0.127 e. The fourth-order valence-electron chi connectivity index (χ4n) is 0.731. The molecule has 2 heteroatoms. The van der Waals surface area contributed by atoms with Crippen molar-refractivity contribution in [2.24, 2.45) is 0 Å². The average Bonchev–Trinajstić information content (AvgIpc) is 1.87. The molecule has 61 valence electrons. The van der Waals surface area contributed by atoms with Gasteiger partial charge in [-0.1, -0.05) is 35.7 Å². The van der Waals surface area contributed by atoms with Crippen molar-refractivity contribution in [3.8, 4) is 0 Å². The van der Waals surface area contributed by atoms with Crippen molar-refractivity contribution >= 4 is 27.5 Å². The molecule has 0 aliphatic carbocycles. The Morgan fingerprint density at radius 2 is 2.20 bits per heavy atom. The average molecular weight is 227 g/mol. The molecule has 0 fully saturated rings. The summed E-state index contributed by atoms with van der Waals surface area (Å²) < 4.78 is 0. The molecule has 0 aliphatic heterocycles. The lowest BCUT2D eigenvalue weighted by Crippen LogP contribution is -1.90. The molecule has 0 aromatic heterocycles. The van der Waals surface area contributed by atoms with Crippen LogP contribution in [-0.2, 0) is 0 Å². The van der Waals surface area contributed by atoms with Gasteiger partial charge in [-0.25, -0.2) is 0 Å². The van der Waals surface area contributed by atoms with Gasteiger partial charge in [0.05, 0.1) is 0 Å². The monoisotopic (exact) mass is 225 g/mol. The SMILES string of the molecule is CC(Br)C[CH]CCCCCl. The Bertz CT molecular complexity index is 64.3. The van der Waals surface area contributed by atoms with E-state index in [0.29, 0.717) is 4.83 Å². The van der Waals surface area contributed by atoms with E-state index in [1.807, 2.05) is 0 Å². The number of alkyl halides is 2. The Labute approximate surface area is 77.5 Å². The first kappa shape index (κ1) is 10.8. The normalized spacial score (nSPS) is 13.5. The van der Waals surface area contributed by atoms with Crippen LogP contribution in [-0.4, -0.2) is 10.7 Å². The van der Waals surface area contributed by atoms with Crippen molar-refractivity contribution in [2.45, 2.75) is 37.4 Å². The number of hydrogen-bond acceptors (Lipinski definition) is 0. The molecule has 0 spiro atoms. The van der Waals surface area contributed by atoms with Gasteiger partial charge in [0.1, 0.15) is 0 Å². The molecule has 0 amide bonds. The lowest BCUT2D eigenvalue weighted by Gasteiger charge is -2.00. The summed E-state index contributed by atoms with van der Waals surface area (Å²) in [7, 11) is 0. The molecular weight excluding hydrogens is 211 g/mol. The third kappa shape index (κ3) is 8.77. The second-order valence-electron chi connectivity index (χ2n) is 2.49. The number of hydrogen-bond donors (Lipinski definition) is 0. The third-order valence-corrected chi connectivity index (χ3v) is 1.92. The summed E-state index contributed by atoms with van der Waals surface area (Å²) in [6.07, 6.45) is 7.09. The maximum absolute atomic E-state index is 5.52. The first-order valence-electron chi connectivity index (χ1n) is 3.79. The van der Waals surface area contributed by atoms with Gasteiger partial charge in [0.15, 0.2) is 0 Å². The summed E-state index contributed by atoms with van der Waals surface area (Å²) in [4.78, 5) is 0.628. The van der Waals surface area contributed by atoms with Gasteiger partial charge in [0.2, 0.25) is 0 Å². The molecule has 1 atom stereocenters. The predicted octanol–water partition coefficient (Wildman–Crippen LogP) is 3.77. The maximum Gasteiger partial charge on any atom is 0.0223 e. The van der Waals surface area contributed by atoms with Crippen molar-refractivity contribution in [3.05, 3.63) is 6.42 Å². The maximum atomic E-state index is 5.52. The summed E-state index contributed by atoms with van der Waals surface area (Å²) in [5.74, 6) is 0.803. The van der Waals surface area contributed by atoms with Crippen LogP contribution in [0, 0.1) is 6.42 Å². The van der Waals surface area contributed by atoms with Crippen LogP contribution in [0.3, 0.4) is 0 Å². The fraction of sp³-hybridized carbons (Fsp3) is 0.875. The predicted molar refractivity (Wildman–Crippen MR) is 51.9 cm³/mol. The second-order valence-corrected chi connectivity index (χ2v) is 4.43. The molecule has 0 aliphatic rings. The Morgan fingerprint density at radius 3 is 2.70 bits per heavy atom. The van der Waals surface area contributed by atoms with E-state index in [-0.39, 0.29) is 0 Å². The molecule has 0 aromatic rings. The first-order valence-corrected chi connectivity index (χ1v) is 5.24. The van der Waals surface area contributed by atoms with Crippen LogP contribution < -0.4 is 0 Å². The Hall–Kier alpha value is 0.770. The largest absolute Gasteiger partial charge is 0.127 e. The summed E-state index contributed by atoms with van der Waals surface area (Å²) in [5, 5.41) is 0. The highest BCUT2D eigenvalue weighted by Crippen LogP contribution is 2.09. The van der Waals surface area contributed by atoms with Gasteiger partial charge in [0.25, 0.3) is 0 Å². The van der Waals surface area contributed by atoms with E-state index in [1.165, 1.54) is 19.3 Å². The molecule has 0 aromatic carbocycles. The Kier molecular flexibility index (Phi) is 8.48. The quantitative estimate of drug-likeness (QED) is 0.478. The molecule has 0 N–H and O–H groups in total. The van der Waals surface area contributed by atoms with E-state index in [1.54, 1.807) is 0 Å². The highest BCUT2D eigenvalue weighted by molar-refractivity contribution is 9.09. The van der Waals surface area contributed by atoms with E-state index in [2.05, 4.69) is 29.3 Å². The van der Waals surface area contributed by atoms with Gasteiger partial charge >= 0.3 is 0 Å². The van der Waals surface area contributed by atoms with Crippen LogP contribution in [0.2, 0.25) is 0 Å². The Morgan fingerprint density at radius 1 is 1.50 bits per heavy atom. The molecule has 0 nitrogen and oxygen atoms in total. The molecule has 0 heterocycles. The van der Waals surface area contributed by atoms with Gasteiger partial charge in [-0.2, -0.15) is 0 Å². The summed E-state index contributed by atoms with van der Waals surface area (Å²) in [6, 6.07) is 0. The van der Waals surface area contributed by atoms with Gasteiger partial charge in [-0.05, 0) is 19.3 Å². The van der Waals surface area contributed by atoms with Gasteiger partial charge in [0, 0.05) is 10.7 Å². The molecule has 0 saturated carbocycles. The minimum atomic E-state index is 0.628. The van der Waals surface area contributed by atoms with Crippen molar-refractivity contribution in [1.29, 1.82) is 0 Å². The molecule has 0 rings (SSSR count). The van der Waals surface area contributed by atoms with E-state index in [9.17, 15) is 0 Å². The van der Waals surface area contributed by atoms with Gasteiger partial charge < -0.3 is 0 Å².